The Morgan fingerprint density at radius 1 is 1.04 bits per heavy atom. The minimum Gasteiger partial charge on any atom is -0.545 e. The Morgan fingerprint density at radius 3 is 2.13 bits per heavy atom. The van der Waals surface area contributed by atoms with Crippen molar-refractivity contribution in [2.45, 2.75) is 0 Å². The van der Waals surface area contributed by atoms with E-state index in [1.54, 1.807) is 0 Å². The molecular formula is C13H7FN3O6-. The summed E-state index contributed by atoms with van der Waals surface area (Å²) in [4.78, 5) is 31.1. The number of hydrogen-bond acceptors (Lipinski definition) is 7. The maximum atomic E-state index is 12.9. The summed E-state index contributed by atoms with van der Waals surface area (Å²) in [5.74, 6) is -2.39. The van der Waals surface area contributed by atoms with Crippen LogP contribution in [0.15, 0.2) is 36.4 Å². The second-order valence-electron chi connectivity index (χ2n) is 4.32. The van der Waals surface area contributed by atoms with Gasteiger partial charge in [-0.3, -0.25) is 20.2 Å². The number of nitrogens with one attached hydrogen (secondary N) is 1. The first kappa shape index (κ1) is 15.8. The molecule has 0 radical (unpaired) electrons. The number of carboxylic acids is 1. The molecule has 2 rings (SSSR count). The average molecular weight is 320 g/mol. The molecule has 0 amide bonds. The number of hydrogen-bond donors (Lipinski definition) is 1. The van der Waals surface area contributed by atoms with E-state index in [0.717, 1.165) is 12.1 Å². The van der Waals surface area contributed by atoms with Crippen molar-refractivity contribution in [1.82, 2.24) is 0 Å². The molecule has 0 saturated heterocycles. The van der Waals surface area contributed by atoms with Crippen LogP contribution in [0.5, 0.6) is 0 Å². The van der Waals surface area contributed by atoms with Crippen LogP contribution in [0.1, 0.15) is 10.4 Å². The number of non-ortho nitro benzene ring substituents is 1. The minimum atomic E-state index is -1.83. The van der Waals surface area contributed by atoms with E-state index in [1.807, 2.05) is 0 Å². The second-order valence-corrected chi connectivity index (χ2v) is 4.32. The average Bonchev–Trinajstić information content (AvgIpc) is 2.48. The number of aromatic carboxylic acids is 1. The summed E-state index contributed by atoms with van der Waals surface area (Å²) in [6, 6.07) is 5.82. The highest BCUT2D eigenvalue weighted by molar-refractivity contribution is 5.98. The smallest absolute Gasteiger partial charge is 0.300 e. The van der Waals surface area contributed by atoms with Crippen LogP contribution >= 0.6 is 0 Å². The molecule has 0 bridgehead atoms. The molecule has 10 heteroatoms. The fraction of sp³-hybridized carbons (Fsp3) is 0. The van der Waals surface area contributed by atoms with Gasteiger partial charge in [-0.05, 0) is 24.3 Å². The zero-order chi connectivity index (χ0) is 17.1. The molecule has 0 unspecified atom stereocenters. The lowest BCUT2D eigenvalue weighted by Gasteiger charge is -2.13. The van der Waals surface area contributed by atoms with Crippen LogP contribution in [0.2, 0.25) is 0 Å². The van der Waals surface area contributed by atoms with Gasteiger partial charge in [-0.2, -0.15) is 0 Å². The van der Waals surface area contributed by atoms with Crippen LogP contribution in [-0.2, 0) is 0 Å². The van der Waals surface area contributed by atoms with Crippen LogP contribution in [0.3, 0.4) is 0 Å². The topological polar surface area (TPSA) is 138 Å². The van der Waals surface area contributed by atoms with Crippen molar-refractivity contribution in [3.05, 3.63) is 68.0 Å². The molecule has 0 aliphatic heterocycles. The van der Waals surface area contributed by atoms with E-state index in [2.05, 4.69) is 5.32 Å². The minimum absolute atomic E-state index is 0.158. The van der Waals surface area contributed by atoms with E-state index < -0.39 is 44.3 Å². The Bertz CT molecular complexity index is 771. The number of carboxylic acid groups (broad SMARTS) is 1. The molecule has 1 N–H and O–H groups in total. The molecule has 0 aromatic heterocycles. The van der Waals surface area contributed by atoms with Gasteiger partial charge in [0.25, 0.3) is 11.4 Å². The van der Waals surface area contributed by atoms with Gasteiger partial charge in [0, 0.05) is 17.3 Å². The fourth-order valence-electron chi connectivity index (χ4n) is 1.83. The molecule has 9 nitrogen and oxygen atoms in total. The summed E-state index contributed by atoms with van der Waals surface area (Å²) < 4.78 is 12.9. The monoisotopic (exact) mass is 320 g/mol. The molecule has 2 aromatic rings. The molecular weight excluding hydrogens is 313 g/mol. The molecule has 118 valence electrons. The number of carbonyl (C=O) groups is 1. The number of benzene rings is 2. The molecule has 0 aliphatic carbocycles. The van der Waals surface area contributed by atoms with Crippen molar-refractivity contribution in [3.63, 3.8) is 0 Å². The third-order valence-corrected chi connectivity index (χ3v) is 2.84. The van der Waals surface area contributed by atoms with Crippen molar-refractivity contribution in [3.8, 4) is 0 Å². The Morgan fingerprint density at radius 2 is 1.65 bits per heavy atom. The highest BCUT2D eigenvalue weighted by Crippen LogP contribution is 2.35. The Balaban J connectivity index is 2.63. The second kappa shape index (κ2) is 6.05. The number of nitro benzene ring substituents is 2. The molecule has 0 heterocycles. The van der Waals surface area contributed by atoms with E-state index in [-0.39, 0.29) is 5.69 Å². The van der Waals surface area contributed by atoms with Crippen LogP contribution in [-0.4, -0.2) is 15.8 Å². The molecule has 2 aromatic carbocycles. The lowest BCUT2D eigenvalue weighted by atomic mass is 10.1. The van der Waals surface area contributed by atoms with Crippen LogP contribution in [0.4, 0.5) is 27.1 Å². The van der Waals surface area contributed by atoms with E-state index in [4.69, 9.17) is 0 Å². The zero-order valence-electron chi connectivity index (χ0n) is 11.2. The van der Waals surface area contributed by atoms with Gasteiger partial charge in [0.15, 0.2) is 0 Å². The number of nitrogens with zero attached hydrogens (tertiary/aromatic N) is 2. The van der Waals surface area contributed by atoms with Crippen LogP contribution < -0.4 is 10.4 Å². The normalized spacial score (nSPS) is 10.1. The van der Waals surface area contributed by atoms with Gasteiger partial charge in [-0.15, -0.1) is 0 Å². The number of halogens is 1. The number of nitro groups is 2. The standard InChI is InChI=1S/C13H8FN3O6/c14-7-1-3-8(4-2-7)15-12-10(13(18)19)5-9(16(20)21)6-11(12)17(22)23/h1-6,15H,(H,18,19)/p-1. The summed E-state index contributed by atoms with van der Waals surface area (Å²) in [5, 5.41) is 35.5. The van der Waals surface area contributed by atoms with Gasteiger partial charge in [0.05, 0.1) is 21.9 Å². The molecule has 0 fully saturated rings. The zero-order valence-corrected chi connectivity index (χ0v) is 11.2. The SMILES string of the molecule is O=C([O-])c1cc([N+](=O)[O-])cc([N+](=O)[O-])c1Nc1ccc(F)cc1. The highest BCUT2D eigenvalue weighted by atomic mass is 19.1. The molecule has 0 atom stereocenters. The van der Waals surface area contributed by atoms with E-state index in [9.17, 15) is 34.5 Å². The maximum Gasteiger partial charge on any atom is 0.300 e. The van der Waals surface area contributed by atoms with Gasteiger partial charge in [-0.1, -0.05) is 0 Å². The van der Waals surface area contributed by atoms with Gasteiger partial charge in [0.1, 0.15) is 11.5 Å². The summed E-state index contributed by atoms with van der Waals surface area (Å²) in [6.07, 6.45) is 0. The highest BCUT2D eigenvalue weighted by Gasteiger charge is 2.24. The number of rotatable bonds is 5. The third kappa shape index (κ3) is 3.37. The molecule has 0 spiro atoms. The molecule has 0 saturated carbocycles. The van der Waals surface area contributed by atoms with Gasteiger partial charge in [0.2, 0.25) is 0 Å². The fourth-order valence-corrected chi connectivity index (χ4v) is 1.83. The van der Waals surface area contributed by atoms with Gasteiger partial charge in [-0.25, -0.2) is 4.39 Å². The quantitative estimate of drug-likeness (QED) is 0.654. The third-order valence-electron chi connectivity index (χ3n) is 2.84. The van der Waals surface area contributed by atoms with Crippen molar-refractivity contribution >= 4 is 28.7 Å². The first-order valence-electron chi connectivity index (χ1n) is 6.00. The predicted molar refractivity (Wildman–Crippen MR) is 73.8 cm³/mol. The van der Waals surface area contributed by atoms with Crippen LogP contribution in [0, 0.1) is 26.0 Å². The number of anilines is 2. The maximum absolute atomic E-state index is 12.9. The van der Waals surface area contributed by atoms with E-state index in [1.165, 1.54) is 12.1 Å². The Kier molecular flexibility index (Phi) is 4.16. The first-order chi connectivity index (χ1) is 10.8. The summed E-state index contributed by atoms with van der Waals surface area (Å²) >= 11 is 0. The summed E-state index contributed by atoms with van der Waals surface area (Å²) in [6.45, 7) is 0. The summed E-state index contributed by atoms with van der Waals surface area (Å²) in [7, 11) is 0. The van der Waals surface area contributed by atoms with E-state index >= 15 is 0 Å². The van der Waals surface area contributed by atoms with Gasteiger partial charge >= 0.3 is 0 Å². The van der Waals surface area contributed by atoms with Crippen molar-refractivity contribution < 1.29 is 24.1 Å². The van der Waals surface area contributed by atoms with Crippen LogP contribution in [0.25, 0.3) is 0 Å². The van der Waals surface area contributed by atoms with E-state index in [0.29, 0.717) is 12.1 Å². The lowest BCUT2D eigenvalue weighted by molar-refractivity contribution is -0.393. The Hall–Kier alpha value is -3.56. The predicted octanol–water partition coefficient (Wildman–Crippen LogP) is 1.75. The largest absolute Gasteiger partial charge is 0.545 e. The van der Waals surface area contributed by atoms with Crippen molar-refractivity contribution in [2.24, 2.45) is 0 Å². The van der Waals surface area contributed by atoms with Crippen molar-refractivity contribution in [1.29, 1.82) is 0 Å². The van der Waals surface area contributed by atoms with Gasteiger partial charge < -0.3 is 15.2 Å². The molecule has 23 heavy (non-hydrogen) atoms. The number of carbonyl (C=O) groups excluding carboxylic acids is 1. The Labute approximate surface area is 127 Å². The molecule has 0 aliphatic rings. The van der Waals surface area contributed by atoms with Crippen molar-refractivity contribution in [2.75, 3.05) is 5.32 Å². The first-order valence-corrected chi connectivity index (χ1v) is 6.00. The summed E-state index contributed by atoms with van der Waals surface area (Å²) in [5.41, 5.74) is -2.67. The lowest BCUT2D eigenvalue weighted by Crippen LogP contribution is -2.24.